The average Bonchev–Trinajstić information content (AvgIpc) is 3.00. The van der Waals surface area contributed by atoms with Gasteiger partial charge in [-0.05, 0) is 38.2 Å². The number of hydrogen-bond acceptors (Lipinski definition) is 3. The Bertz CT molecular complexity index is 263. The van der Waals surface area contributed by atoms with Gasteiger partial charge in [-0.1, -0.05) is 20.8 Å². The van der Waals surface area contributed by atoms with Crippen LogP contribution in [0.1, 0.15) is 46.5 Å². The fourth-order valence-corrected chi connectivity index (χ4v) is 3.32. The predicted octanol–water partition coefficient (Wildman–Crippen LogP) is 3.30. The number of hydrogen-bond donors (Lipinski definition) is 0. The van der Waals surface area contributed by atoms with Crippen molar-refractivity contribution in [2.24, 2.45) is 0 Å². The molecule has 3 nitrogen and oxygen atoms in total. The molecule has 17 heavy (non-hydrogen) atoms. The number of hydroxylamine groups is 2. The quantitative estimate of drug-likeness (QED) is 0.729. The van der Waals surface area contributed by atoms with Gasteiger partial charge < -0.3 is 4.18 Å². The molecule has 1 saturated carbocycles. The first-order valence-electron chi connectivity index (χ1n) is 6.60. The van der Waals surface area contributed by atoms with E-state index in [-0.39, 0.29) is 4.75 Å². The van der Waals surface area contributed by atoms with Crippen LogP contribution in [0.5, 0.6) is 0 Å². The third-order valence-corrected chi connectivity index (χ3v) is 7.88. The minimum atomic E-state index is -0.964. The SMILES string of the molecule is CC(C)(C)S(C)(C)OC1CCC(N2CO2)CC1. The molecule has 0 radical (unpaired) electrons. The van der Waals surface area contributed by atoms with Crippen LogP contribution in [-0.4, -0.2) is 41.2 Å². The molecule has 0 bridgehead atoms. The first-order chi connectivity index (χ1) is 7.79. The van der Waals surface area contributed by atoms with Crippen molar-refractivity contribution in [3.8, 4) is 0 Å². The maximum absolute atomic E-state index is 6.42. The Morgan fingerprint density at radius 1 is 1.12 bits per heavy atom. The maximum atomic E-state index is 6.42. The molecule has 0 amide bonds. The Kier molecular flexibility index (Phi) is 3.79. The van der Waals surface area contributed by atoms with Crippen LogP contribution in [0.15, 0.2) is 0 Å². The standard InChI is InChI=1S/C13H27NO2S/c1-13(2,3)17(4,5)16-12-8-6-11(7-9-12)14-10-15-14/h11-12H,6-10H2,1-5H3. The lowest BCUT2D eigenvalue weighted by Crippen LogP contribution is -2.33. The van der Waals surface area contributed by atoms with Crippen molar-refractivity contribution >= 4 is 10.3 Å². The van der Waals surface area contributed by atoms with Crippen molar-refractivity contribution in [1.29, 1.82) is 0 Å². The van der Waals surface area contributed by atoms with Crippen LogP contribution in [0.3, 0.4) is 0 Å². The molecule has 1 aliphatic carbocycles. The molecule has 2 aliphatic rings. The van der Waals surface area contributed by atoms with Crippen LogP contribution in [0.4, 0.5) is 0 Å². The molecule has 0 spiro atoms. The summed E-state index contributed by atoms with van der Waals surface area (Å²) in [6.07, 6.45) is 9.90. The van der Waals surface area contributed by atoms with Gasteiger partial charge in [-0.25, -0.2) is 0 Å². The summed E-state index contributed by atoms with van der Waals surface area (Å²) in [5, 5.41) is 2.11. The van der Waals surface area contributed by atoms with Crippen LogP contribution in [0.25, 0.3) is 0 Å². The third kappa shape index (κ3) is 3.37. The van der Waals surface area contributed by atoms with Crippen LogP contribution in [-0.2, 0) is 9.02 Å². The molecule has 102 valence electrons. The summed E-state index contributed by atoms with van der Waals surface area (Å²) < 4.78 is 6.69. The van der Waals surface area contributed by atoms with Gasteiger partial charge in [-0.2, -0.15) is 5.06 Å². The van der Waals surface area contributed by atoms with Crippen LogP contribution in [0, 0.1) is 0 Å². The largest absolute Gasteiger partial charge is 0.333 e. The van der Waals surface area contributed by atoms with E-state index >= 15 is 0 Å². The van der Waals surface area contributed by atoms with Gasteiger partial charge in [0.1, 0.15) is 6.73 Å². The summed E-state index contributed by atoms with van der Waals surface area (Å²) in [6, 6.07) is 0.655. The van der Waals surface area contributed by atoms with E-state index in [2.05, 4.69) is 38.3 Å². The minimum Gasteiger partial charge on any atom is -0.333 e. The van der Waals surface area contributed by atoms with E-state index in [0.29, 0.717) is 12.1 Å². The van der Waals surface area contributed by atoms with E-state index in [0.717, 1.165) is 6.73 Å². The minimum absolute atomic E-state index is 0.271. The van der Waals surface area contributed by atoms with Gasteiger partial charge in [0.25, 0.3) is 0 Å². The van der Waals surface area contributed by atoms with E-state index in [1.165, 1.54) is 25.7 Å². The van der Waals surface area contributed by atoms with Crippen LogP contribution >= 0.6 is 10.3 Å². The summed E-state index contributed by atoms with van der Waals surface area (Å²) in [7, 11) is -0.964. The molecular formula is C13H27NO2S. The van der Waals surface area contributed by atoms with Crippen molar-refractivity contribution < 1.29 is 9.02 Å². The second-order valence-electron chi connectivity index (χ2n) is 6.55. The third-order valence-electron chi connectivity index (χ3n) is 4.18. The Balaban J connectivity index is 1.80. The molecule has 0 N–H and O–H groups in total. The predicted molar refractivity (Wildman–Crippen MR) is 74.1 cm³/mol. The zero-order chi connectivity index (χ0) is 12.7. The highest BCUT2D eigenvalue weighted by atomic mass is 32.3. The summed E-state index contributed by atoms with van der Waals surface area (Å²) in [5.74, 6) is 0. The molecule has 2 fully saturated rings. The molecule has 1 unspecified atom stereocenters. The highest BCUT2D eigenvalue weighted by molar-refractivity contribution is 8.29. The van der Waals surface area contributed by atoms with Crippen LogP contribution in [0.2, 0.25) is 0 Å². The zero-order valence-corrected chi connectivity index (χ0v) is 12.7. The van der Waals surface area contributed by atoms with Crippen molar-refractivity contribution in [2.75, 3.05) is 19.2 Å². The molecule has 0 aromatic rings. The molecule has 0 aromatic heterocycles. The first-order valence-corrected chi connectivity index (χ1v) is 8.98. The summed E-state index contributed by atoms with van der Waals surface area (Å²) in [4.78, 5) is 5.24. The molecule has 1 saturated heterocycles. The van der Waals surface area contributed by atoms with E-state index in [1.807, 2.05) is 0 Å². The van der Waals surface area contributed by atoms with Crippen molar-refractivity contribution in [3.05, 3.63) is 0 Å². The van der Waals surface area contributed by atoms with Gasteiger partial charge >= 0.3 is 0 Å². The average molecular weight is 261 g/mol. The maximum Gasteiger partial charge on any atom is 0.144 e. The summed E-state index contributed by atoms with van der Waals surface area (Å²) in [6.45, 7) is 7.71. The molecule has 4 heteroatoms. The Labute approximate surface area is 107 Å². The van der Waals surface area contributed by atoms with Gasteiger partial charge in [-0.3, -0.25) is 4.84 Å². The molecular weight excluding hydrogens is 234 g/mol. The fraction of sp³-hybridized carbons (Fsp3) is 1.00. The first kappa shape index (κ1) is 13.7. The van der Waals surface area contributed by atoms with Crippen molar-refractivity contribution in [2.45, 2.75) is 63.3 Å². The summed E-state index contributed by atoms with van der Waals surface area (Å²) in [5.41, 5.74) is 0. The van der Waals surface area contributed by atoms with Gasteiger partial charge in [0.2, 0.25) is 0 Å². The summed E-state index contributed by atoms with van der Waals surface area (Å²) >= 11 is 0. The van der Waals surface area contributed by atoms with Gasteiger partial charge in [-0.15, -0.1) is 10.3 Å². The molecule has 1 aliphatic heterocycles. The van der Waals surface area contributed by atoms with E-state index in [4.69, 9.17) is 9.02 Å². The van der Waals surface area contributed by atoms with Crippen molar-refractivity contribution in [1.82, 2.24) is 5.06 Å². The van der Waals surface area contributed by atoms with E-state index < -0.39 is 10.3 Å². The molecule has 1 atom stereocenters. The Morgan fingerprint density at radius 3 is 2.06 bits per heavy atom. The topological polar surface area (TPSA) is 24.8 Å². The Morgan fingerprint density at radius 2 is 1.65 bits per heavy atom. The lowest BCUT2D eigenvalue weighted by molar-refractivity contribution is 0.0791. The lowest BCUT2D eigenvalue weighted by Gasteiger charge is -2.47. The molecule has 1 heterocycles. The normalized spacial score (nSPS) is 35.7. The van der Waals surface area contributed by atoms with E-state index in [1.54, 1.807) is 0 Å². The molecule has 0 aromatic carbocycles. The number of nitrogens with zero attached hydrogens (tertiary/aromatic N) is 1. The zero-order valence-electron chi connectivity index (χ0n) is 11.9. The van der Waals surface area contributed by atoms with Gasteiger partial charge in [0, 0.05) is 10.8 Å². The highest BCUT2D eigenvalue weighted by Crippen LogP contribution is 2.55. The molecule has 2 rings (SSSR count). The Hall–Kier alpha value is 0.230. The van der Waals surface area contributed by atoms with Gasteiger partial charge in [0.05, 0.1) is 6.10 Å². The fourth-order valence-electron chi connectivity index (χ4n) is 2.16. The second-order valence-corrected chi connectivity index (χ2v) is 10.4. The smallest absolute Gasteiger partial charge is 0.144 e. The van der Waals surface area contributed by atoms with Crippen molar-refractivity contribution in [3.63, 3.8) is 0 Å². The second kappa shape index (κ2) is 4.72. The van der Waals surface area contributed by atoms with Crippen LogP contribution < -0.4 is 0 Å². The lowest BCUT2D eigenvalue weighted by atomic mass is 9.93. The monoisotopic (exact) mass is 261 g/mol. The van der Waals surface area contributed by atoms with Gasteiger partial charge in [0.15, 0.2) is 0 Å². The highest BCUT2D eigenvalue weighted by Gasteiger charge is 2.36. The number of rotatable bonds is 3. The van der Waals surface area contributed by atoms with E-state index in [9.17, 15) is 0 Å².